The van der Waals surface area contributed by atoms with E-state index < -0.39 is 0 Å². The third-order valence-corrected chi connectivity index (χ3v) is 3.27. The molecule has 2 rings (SSSR count). The Kier molecular flexibility index (Phi) is 4.00. The molecule has 1 fully saturated rings. The maximum Gasteiger partial charge on any atom is 0.0991 e. The fourth-order valence-corrected chi connectivity index (χ4v) is 2.37. The maximum atomic E-state index is 8.80. The number of anilines is 1. The van der Waals surface area contributed by atoms with Gasteiger partial charge < -0.3 is 5.01 Å². The van der Waals surface area contributed by atoms with Crippen LogP contribution in [0.5, 0.6) is 0 Å². The normalized spacial score (nSPS) is 16.5. The molecule has 0 N–H and O–H groups in total. The van der Waals surface area contributed by atoms with Gasteiger partial charge in [-0.25, -0.2) is 5.01 Å². The van der Waals surface area contributed by atoms with Gasteiger partial charge in [-0.2, -0.15) is 5.26 Å². The van der Waals surface area contributed by atoms with Gasteiger partial charge in [-0.15, -0.1) is 0 Å². The second-order valence-electron chi connectivity index (χ2n) is 4.39. The Balaban J connectivity index is 2.13. The quantitative estimate of drug-likeness (QED) is 0.798. The number of hydrazine groups is 1. The zero-order valence-electron chi connectivity index (χ0n) is 10.4. The van der Waals surface area contributed by atoms with E-state index in [1.165, 1.54) is 24.9 Å². The lowest BCUT2D eigenvalue weighted by molar-refractivity contribution is 0.210. The zero-order valence-corrected chi connectivity index (χ0v) is 10.4. The molecule has 0 amide bonds. The van der Waals surface area contributed by atoms with Crippen LogP contribution in [0.15, 0.2) is 24.3 Å². The molecule has 0 aromatic heterocycles. The van der Waals surface area contributed by atoms with Crippen molar-refractivity contribution in [1.82, 2.24) is 5.01 Å². The molecule has 3 heteroatoms. The summed E-state index contributed by atoms with van der Waals surface area (Å²) < 4.78 is 0. The van der Waals surface area contributed by atoms with Gasteiger partial charge >= 0.3 is 0 Å². The molecule has 0 unspecified atom stereocenters. The van der Waals surface area contributed by atoms with Crippen LogP contribution in [0.2, 0.25) is 0 Å². The summed E-state index contributed by atoms with van der Waals surface area (Å²) in [5, 5.41) is 13.5. The second-order valence-corrected chi connectivity index (χ2v) is 4.39. The highest BCUT2D eigenvalue weighted by atomic mass is 15.6. The van der Waals surface area contributed by atoms with Crippen LogP contribution < -0.4 is 5.01 Å². The second kappa shape index (κ2) is 5.70. The van der Waals surface area contributed by atoms with Crippen LogP contribution in [0.25, 0.3) is 0 Å². The fraction of sp³-hybridized carbons (Fsp3) is 0.500. The van der Waals surface area contributed by atoms with Crippen LogP contribution in [0.4, 0.5) is 5.69 Å². The Morgan fingerprint density at radius 2 is 1.82 bits per heavy atom. The summed E-state index contributed by atoms with van der Waals surface area (Å²) in [4.78, 5) is 0. The molecule has 3 nitrogen and oxygen atoms in total. The monoisotopic (exact) mass is 229 g/mol. The van der Waals surface area contributed by atoms with Gasteiger partial charge in [0.25, 0.3) is 0 Å². The third kappa shape index (κ3) is 2.78. The van der Waals surface area contributed by atoms with Crippen molar-refractivity contribution < 1.29 is 0 Å². The standard InChI is InChI=1S/C14H19N3/c1-2-17(16-10-4-3-5-11-16)14-8-6-13(12-15)7-9-14/h6-9H,2-5,10-11H2,1H3. The molecule has 1 aliphatic rings. The Morgan fingerprint density at radius 1 is 1.18 bits per heavy atom. The minimum absolute atomic E-state index is 0.725. The minimum atomic E-state index is 0.725. The summed E-state index contributed by atoms with van der Waals surface area (Å²) in [6, 6.07) is 10.0. The van der Waals surface area contributed by atoms with E-state index in [4.69, 9.17) is 5.26 Å². The molecule has 0 bridgehead atoms. The number of nitriles is 1. The van der Waals surface area contributed by atoms with E-state index >= 15 is 0 Å². The van der Waals surface area contributed by atoms with Crippen molar-refractivity contribution in [3.05, 3.63) is 29.8 Å². The lowest BCUT2D eigenvalue weighted by atomic mass is 10.1. The van der Waals surface area contributed by atoms with Crippen LogP contribution >= 0.6 is 0 Å². The van der Waals surface area contributed by atoms with Crippen molar-refractivity contribution in [3.63, 3.8) is 0 Å². The van der Waals surface area contributed by atoms with Gasteiger partial charge in [-0.1, -0.05) is 6.42 Å². The number of piperidine rings is 1. The lowest BCUT2D eigenvalue weighted by Crippen LogP contribution is -2.45. The predicted octanol–water partition coefficient (Wildman–Crippen LogP) is 2.79. The molecule has 1 aromatic rings. The first-order chi connectivity index (χ1) is 8.35. The molecule has 0 atom stereocenters. The van der Waals surface area contributed by atoms with Gasteiger partial charge in [-0.3, -0.25) is 0 Å². The van der Waals surface area contributed by atoms with Crippen molar-refractivity contribution in [1.29, 1.82) is 5.26 Å². The number of nitrogens with zero attached hydrogens (tertiary/aromatic N) is 3. The molecule has 1 saturated heterocycles. The Hall–Kier alpha value is -1.53. The topological polar surface area (TPSA) is 30.3 Å². The lowest BCUT2D eigenvalue weighted by Gasteiger charge is -2.38. The van der Waals surface area contributed by atoms with Crippen molar-refractivity contribution in [2.24, 2.45) is 0 Å². The first-order valence-electron chi connectivity index (χ1n) is 6.37. The van der Waals surface area contributed by atoms with Crippen molar-refractivity contribution in [2.75, 3.05) is 24.6 Å². The highest BCUT2D eigenvalue weighted by Crippen LogP contribution is 2.20. The van der Waals surface area contributed by atoms with Gasteiger partial charge in [0, 0.05) is 19.6 Å². The van der Waals surface area contributed by atoms with Crippen LogP contribution in [0, 0.1) is 11.3 Å². The van der Waals surface area contributed by atoms with E-state index in [0.717, 1.165) is 25.2 Å². The average molecular weight is 229 g/mol. The molecule has 0 spiro atoms. The molecule has 1 heterocycles. The summed E-state index contributed by atoms with van der Waals surface area (Å²) in [5.74, 6) is 0. The molecule has 90 valence electrons. The van der Waals surface area contributed by atoms with E-state index in [0.29, 0.717) is 0 Å². The predicted molar refractivity (Wildman–Crippen MR) is 69.6 cm³/mol. The summed E-state index contributed by atoms with van der Waals surface area (Å²) >= 11 is 0. The van der Waals surface area contributed by atoms with Crippen LogP contribution in [0.1, 0.15) is 31.7 Å². The minimum Gasteiger partial charge on any atom is -0.306 e. The van der Waals surface area contributed by atoms with Crippen LogP contribution in [-0.4, -0.2) is 24.6 Å². The van der Waals surface area contributed by atoms with E-state index in [-0.39, 0.29) is 0 Å². The molecule has 17 heavy (non-hydrogen) atoms. The van der Waals surface area contributed by atoms with Crippen LogP contribution in [0.3, 0.4) is 0 Å². The van der Waals surface area contributed by atoms with E-state index in [1.54, 1.807) is 0 Å². The largest absolute Gasteiger partial charge is 0.306 e. The smallest absolute Gasteiger partial charge is 0.0991 e. The summed E-state index contributed by atoms with van der Waals surface area (Å²) in [7, 11) is 0. The summed E-state index contributed by atoms with van der Waals surface area (Å²) in [6.45, 7) is 5.44. The first kappa shape index (κ1) is 11.9. The van der Waals surface area contributed by atoms with Crippen LogP contribution in [-0.2, 0) is 0 Å². The molecule has 0 aliphatic carbocycles. The molecular weight excluding hydrogens is 210 g/mol. The molecule has 1 aromatic carbocycles. The Morgan fingerprint density at radius 3 is 2.35 bits per heavy atom. The van der Waals surface area contributed by atoms with Crippen molar-refractivity contribution in [2.45, 2.75) is 26.2 Å². The maximum absolute atomic E-state index is 8.80. The molecule has 1 aliphatic heterocycles. The van der Waals surface area contributed by atoms with Gasteiger partial charge in [0.1, 0.15) is 0 Å². The SMILES string of the molecule is CCN(c1ccc(C#N)cc1)N1CCCCC1. The first-order valence-corrected chi connectivity index (χ1v) is 6.37. The highest BCUT2D eigenvalue weighted by molar-refractivity contribution is 5.48. The fourth-order valence-electron chi connectivity index (χ4n) is 2.37. The van der Waals surface area contributed by atoms with Gasteiger partial charge in [0.05, 0.1) is 17.3 Å². The molecule has 0 saturated carbocycles. The number of rotatable bonds is 3. The van der Waals surface area contributed by atoms with E-state index in [2.05, 4.69) is 23.0 Å². The number of benzene rings is 1. The number of hydrogen-bond donors (Lipinski definition) is 0. The van der Waals surface area contributed by atoms with Crippen molar-refractivity contribution >= 4 is 5.69 Å². The van der Waals surface area contributed by atoms with E-state index in [1.807, 2.05) is 24.3 Å². The summed E-state index contributed by atoms with van der Waals surface area (Å²) in [6.07, 6.45) is 3.92. The van der Waals surface area contributed by atoms with Gasteiger partial charge in [-0.05, 0) is 44.0 Å². The summed E-state index contributed by atoms with van der Waals surface area (Å²) in [5.41, 5.74) is 1.91. The Bertz CT molecular complexity index is 385. The zero-order chi connectivity index (χ0) is 12.1. The van der Waals surface area contributed by atoms with E-state index in [9.17, 15) is 0 Å². The Labute approximate surface area is 103 Å². The van der Waals surface area contributed by atoms with Gasteiger partial charge in [0.2, 0.25) is 0 Å². The third-order valence-electron chi connectivity index (χ3n) is 3.27. The highest BCUT2D eigenvalue weighted by Gasteiger charge is 2.16. The molecular formula is C14H19N3. The average Bonchev–Trinajstić information content (AvgIpc) is 2.42. The molecule has 0 radical (unpaired) electrons. The van der Waals surface area contributed by atoms with Crippen molar-refractivity contribution in [3.8, 4) is 6.07 Å². The number of hydrogen-bond acceptors (Lipinski definition) is 3. The van der Waals surface area contributed by atoms with Gasteiger partial charge in [0.15, 0.2) is 0 Å².